The molecule has 23 heavy (non-hydrogen) atoms. The third-order valence-corrected chi connectivity index (χ3v) is 11.6. The van der Waals surface area contributed by atoms with Crippen LogP contribution in [0.25, 0.3) is 0 Å². The van der Waals surface area contributed by atoms with E-state index in [-0.39, 0.29) is 5.04 Å². The molecule has 2 nitrogen and oxygen atoms in total. The number of aliphatic hydroxyl groups excluding tert-OH is 1. The maximum Gasteiger partial charge on any atom is 0.192 e. The lowest BCUT2D eigenvalue weighted by atomic mass is 9.58. The van der Waals surface area contributed by atoms with Crippen molar-refractivity contribution in [1.82, 2.24) is 0 Å². The molecule has 1 saturated carbocycles. The highest BCUT2D eigenvalue weighted by molar-refractivity contribution is 6.74. The summed E-state index contributed by atoms with van der Waals surface area (Å²) in [6.45, 7) is 19.0. The molecule has 0 aromatic rings. The van der Waals surface area contributed by atoms with Crippen LogP contribution in [0, 0.1) is 35.5 Å². The molecule has 0 aromatic heterocycles. The molecule has 0 spiro atoms. The van der Waals surface area contributed by atoms with Gasteiger partial charge in [0.05, 0.1) is 6.10 Å². The summed E-state index contributed by atoms with van der Waals surface area (Å²) in [5, 5.41) is 10.2. The number of aliphatic hydroxyl groups is 1. The maximum absolute atomic E-state index is 9.97. The monoisotopic (exact) mass is 338 g/mol. The largest absolute Gasteiger partial charge is 0.413 e. The molecule has 2 rings (SSSR count). The summed E-state index contributed by atoms with van der Waals surface area (Å²) in [5.41, 5.74) is 0. The molecular formula is C20H38O2Si. The minimum absolute atomic E-state index is 0.249. The van der Waals surface area contributed by atoms with Crippen molar-refractivity contribution in [3.05, 3.63) is 12.2 Å². The average molecular weight is 339 g/mol. The second kappa shape index (κ2) is 6.65. The van der Waals surface area contributed by atoms with Crippen molar-refractivity contribution in [1.29, 1.82) is 0 Å². The number of hydrogen-bond donors (Lipinski definition) is 1. The lowest BCUT2D eigenvalue weighted by molar-refractivity contribution is -0.0507. The molecule has 1 N–H and O–H groups in total. The van der Waals surface area contributed by atoms with Crippen LogP contribution >= 0.6 is 0 Å². The highest BCUT2D eigenvalue weighted by Gasteiger charge is 2.49. The minimum atomic E-state index is -1.76. The Kier molecular flexibility index (Phi) is 5.55. The van der Waals surface area contributed by atoms with Gasteiger partial charge in [-0.05, 0) is 60.1 Å². The standard InChI is InChI=1S/C20H38O2Si/c1-13-9-10-16-11-14(2)19(15(3)18(16)17(13)12-21)22-23(7,8)20(4,5)6/h9-10,13-19,21H,11-12H2,1-8H3/t13-,14+,15-,16-,17-,18-,19-/m0/s1. The molecular weight excluding hydrogens is 300 g/mol. The fourth-order valence-electron chi connectivity index (χ4n) is 4.60. The highest BCUT2D eigenvalue weighted by Crippen LogP contribution is 2.50. The van der Waals surface area contributed by atoms with Gasteiger partial charge in [-0.1, -0.05) is 53.7 Å². The van der Waals surface area contributed by atoms with Gasteiger partial charge in [0, 0.05) is 6.61 Å². The Morgan fingerprint density at radius 1 is 1.13 bits per heavy atom. The third-order valence-electron chi connectivity index (χ3n) is 7.10. The SMILES string of the molecule is C[C@@H]1[C@@H](O[Si](C)(C)C(C)(C)C)[C@H](C)C[C@@H]2C=C[C@H](C)[C@H](CO)[C@@H]12. The van der Waals surface area contributed by atoms with Crippen molar-refractivity contribution in [3.8, 4) is 0 Å². The molecule has 1 fully saturated rings. The Balaban J connectivity index is 2.25. The van der Waals surface area contributed by atoms with E-state index < -0.39 is 8.32 Å². The van der Waals surface area contributed by atoms with Gasteiger partial charge >= 0.3 is 0 Å². The van der Waals surface area contributed by atoms with E-state index >= 15 is 0 Å². The van der Waals surface area contributed by atoms with E-state index in [1.807, 2.05) is 0 Å². The summed E-state index contributed by atoms with van der Waals surface area (Å²) in [4.78, 5) is 0. The van der Waals surface area contributed by atoms with Crippen molar-refractivity contribution >= 4 is 8.32 Å². The normalized spacial score (nSPS) is 41.7. The summed E-state index contributed by atoms with van der Waals surface area (Å²) < 4.78 is 6.88. The molecule has 0 radical (unpaired) electrons. The Labute approximate surface area is 144 Å². The fraction of sp³-hybridized carbons (Fsp3) is 0.900. The average Bonchev–Trinajstić information content (AvgIpc) is 2.43. The van der Waals surface area contributed by atoms with Crippen molar-refractivity contribution in [2.45, 2.75) is 72.2 Å². The first-order chi connectivity index (χ1) is 10.5. The number of hydrogen-bond acceptors (Lipinski definition) is 2. The van der Waals surface area contributed by atoms with Crippen LogP contribution in [0.1, 0.15) is 48.0 Å². The van der Waals surface area contributed by atoms with Gasteiger partial charge in [0.15, 0.2) is 8.32 Å². The van der Waals surface area contributed by atoms with Gasteiger partial charge in [0.25, 0.3) is 0 Å². The Morgan fingerprint density at radius 2 is 1.74 bits per heavy atom. The molecule has 2 aliphatic carbocycles. The molecule has 2 aliphatic rings. The number of allylic oxidation sites excluding steroid dienone is 2. The summed E-state index contributed by atoms with van der Waals surface area (Å²) in [7, 11) is -1.76. The van der Waals surface area contributed by atoms with Gasteiger partial charge < -0.3 is 9.53 Å². The molecule has 0 aliphatic heterocycles. The first kappa shape index (κ1) is 19.2. The summed E-state index contributed by atoms with van der Waals surface area (Å²) in [6, 6.07) is 0. The molecule has 0 saturated heterocycles. The van der Waals surface area contributed by atoms with Gasteiger partial charge in [-0.25, -0.2) is 0 Å². The van der Waals surface area contributed by atoms with Gasteiger partial charge in [0.1, 0.15) is 0 Å². The summed E-state index contributed by atoms with van der Waals surface area (Å²) in [5.74, 6) is 3.16. The minimum Gasteiger partial charge on any atom is -0.413 e. The predicted molar refractivity (Wildman–Crippen MR) is 101 cm³/mol. The molecule has 0 unspecified atom stereocenters. The molecule has 134 valence electrons. The lowest BCUT2D eigenvalue weighted by Gasteiger charge is -2.52. The van der Waals surface area contributed by atoms with Gasteiger partial charge in [-0.15, -0.1) is 0 Å². The predicted octanol–water partition coefficient (Wildman–Crippen LogP) is 5.10. The maximum atomic E-state index is 9.97. The summed E-state index contributed by atoms with van der Waals surface area (Å²) in [6.07, 6.45) is 6.30. The molecule has 0 amide bonds. The van der Waals surface area contributed by atoms with Crippen LogP contribution in [-0.4, -0.2) is 26.1 Å². The van der Waals surface area contributed by atoms with Gasteiger partial charge in [-0.3, -0.25) is 0 Å². The highest BCUT2D eigenvalue weighted by atomic mass is 28.4. The molecule has 0 bridgehead atoms. The topological polar surface area (TPSA) is 29.5 Å². The van der Waals surface area contributed by atoms with Crippen LogP contribution in [0.5, 0.6) is 0 Å². The number of fused-ring (bicyclic) bond motifs is 1. The number of rotatable bonds is 3. The van der Waals surface area contributed by atoms with Crippen LogP contribution in [-0.2, 0) is 4.43 Å². The van der Waals surface area contributed by atoms with E-state index in [1.165, 1.54) is 6.42 Å². The van der Waals surface area contributed by atoms with Crippen molar-refractivity contribution < 1.29 is 9.53 Å². The van der Waals surface area contributed by atoms with E-state index in [9.17, 15) is 5.11 Å². The van der Waals surface area contributed by atoms with Crippen LogP contribution in [0.2, 0.25) is 18.1 Å². The van der Waals surface area contributed by atoms with E-state index in [4.69, 9.17) is 4.43 Å². The van der Waals surface area contributed by atoms with E-state index in [1.54, 1.807) is 0 Å². The molecule has 3 heteroatoms. The zero-order valence-electron chi connectivity index (χ0n) is 16.5. The second-order valence-corrected chi connectivity index (χ2v) is 14.5. The van der Waals surface area contributed by atoms with Crippen molar-refractivity contribution in [2.75, 3.05) is 6.61 Å². The van der Waals surface area contributed by atoms with Gasteiger partial charge in [0.2, 0.25) is 0 Å². The quantitative estimate of drug-likeness (QED) is 0.573. The zero-order valence-corrected chi connectivity index (χ0v) is 17.5. The van der Waals surface area contributed by atoms with E-state index in [2.05, 4.69) is 66.8 Å². The van der Waals surface area contributed by atoms with Crippen LogP contribution in [0.15, 0.2) is 12.2 Å². The summed E-state index contributed by atoms with van der Waals surface area (Å²) >= 11 is 0. The Morgan fingerprint density at radius 3 is 2.26 bits per heavy atom. The smallest absolute Gasteiger partial charge is 0.192 e. The van der Waals surface area contributed by atoms with Crippen LogP contribution in [0.4, 0.5) is 0 Å². The van der Waals surface area contributed by atoms with E-state index in [0.29, 0.717) is 48.2 Å². The Bertz CT molecular complexity index is 437. The first-order valence-electron chi connectivity index (χ1n) is 9.46. The first-order valence-corrected chi connectivity index (χ1v) is 12.4. The lowest BCUT2D eigenvalue weighted by Crippen LogP contribution is -2.53. The molecule has 7 atom stereocenters. The van der Waals surface area contributed by atoms with Crippen LogP contribution in [0.3, 0.4) is 0 Å². The zero-order chi connectivity index (χ0) is 17.6. The molecule has 0 aromatic carbocycles. The fourth-order valence-corrected chi connectivity index (χ4v) is 6.08. The van der Waals surface area contributed by atoms with Gasteiger partial charge in [-0.2, -0.15) is 0 Å². The van der Waals surface area contributed by atoms with E-state index in [0.717, 1.165) is 0 Å². The second-order valence-electron chi connectivity index (χ2n) is 9.75. The molecule has 0 heterocycles. The van der Waals surface area contributed by atoms with Crippen molar-refractivity contribution in [3.63, 3.8) is 0 Å². The third kappa shape index (κ3) is 3.62. The van der Waals surface area contributed by atoms with Crippen LogP contribution < -0.4 is 0 Å². The Hall–Kier alpha value is -0.123. The van der Waals surface area contributed by atoms with Crippen molar-refractivity contribution in [2.24, 2.45) is 35.5 Å².